The van der Waals surface area contributed by atoms with E-state index in [4.69, 9.17) is 0 Å². The van der Waals surface area contributed by atoms with Crippen molar-refractivity contribution in [1.82, 2.24) is 0 Å². The summed E-state index contributed by atoms with van der Waals surface area (Å²) in [6.07, 6.45) is 4.32. The van der Waals surface area contributed by atoms with Gasteiger partial charge in [-0.05, 0) is 0 Å². The molecule has 0 saturated heterocycles. The number of hydrogen-bond donors (Lipinski definition) is 0. The summed E-state index contributed by atoms with van der Waals surface area (Å²) >= 11 is -0.486. The van der Waals surface area contributed by atoms with Gasteiger partial charge in [-0.25, -0.2) is 0 Å². The van der Waals surface area contributed by atoms with Gasteiger partial charge in [0.25, 0.3) is 0 Å². The minimum absolute atomic E-state index is 0. The van der Waals surface area contributed by atoms with Crippen molar-refractivity contribution < 1.29 is 12.4 Å². The van der Waals surface area contributed by atoms with Crippen molar-refractivity contribution in [2.45, 2.75) is 55.8 Å². The van der Waals surface area contributed by atoms with Crippen LogP contribution >= 0.6 is 0 Å². The molecule has 0 aliphatic heterocycles. The van der Waals surface area contributed by atoms with Crippen LogP contribution in [0.5, 0.6) is 0 Å². The third kappa shape index (κ3) is 8.74. The van der Waals surface area contributed by atoms with E-state index in [1.165, 1.54) is 19.3 Å². The molecule has 0 aromatic rings. The zero-order chi connectivity index (χ0) is 7.82. The Labute approximate surface area is 82.7 Å². The zero-order valence-electron chi connectivity index (χ0n) is 8.12. The Balaban J connectivity index is 0. The minimum Gasteiger partial charge on any atom is -1.00 e. The first kappa shape index (κ1) is 14.4. The van der Waals surface area contributed by atoms with Crippen molar-refractivity contribution in [3.8, 4) is 0 Å². The van der Waals surface area contributed by atoms with E-state index >= 15 is 0 Å². The van der Waals surface area contributed by atoms with E-state index in [0.29, 0.717) is 0 Å². The molecule has 0 unspecified atom stereocenters. The van der Waals surface area contributed by atoms with Crippen molar-refractivity contribution in [3.05, 3.63) is 0 Å². The summed E-state index contributed by atoms with van der Waals surface area (Å²) in [5.74, 6) is 0. The summed E-state index contributed by atoms with van der Waals surface area (Å²) in [6, 6.07) is 0. The van der Waals surface area contributed by atoms with Crippen LogP contribution in [0.15, 0.2) is 0 Å². The monoisotopic (exact) mass is 238 g/mol. The molecule has 0 fully saturated rings. The van der Waals surface area contributed by atoms with E-state index in [2.05, 4.69) is 20.8 Å². The maximum absolute atomic E-state index is 2.33. The normalized spacial score (nSPS) is 9.00. The van der Waals surface area contributed by atoms with Crippen molar-refractivity contribution in [2.24, 2.45) is 0 Å². The van der Waals surface area contributed by atoms with Gasteiger partial charge in [0.15, 0.2) is 0 Å². The van der Waals surface area contributed by atoms with Gasteiger partial charge in [0.2, 0.25) is 0 Å². The number of halogens is 1. The summed E-state index contributed by atoms with van der Waals surface area (Å²) < 4.78 is 0. The minimum atomic E-state index is -0.486. The standard InChI is InChI=1S/C9H21Ge.ClH/c1-4-7-10(8-5-2)9-6-3;/h4-9H2,1-3H3;1H/q+1;/p-1. The zero-order valence-corrected chi connectivity index (χ0v) is 11.0. The maximum atomic E-state index is 2.33. The summed E-state index contributed by atoms with van der Waals surface area (Å²) in [6.45, 7) is 6.99. The van der Waals surface area contributed by atoms with Crippen LogP contribution in [0, 0.1) is 0 Å². The number of hydrogen-bond acceptors (Lipinski definition) is 0. The van der Waals surface area contributed by atoms with Crippen LogP contribution < -0.4 is 12.4 Å². The van der Waals surface area contributed by atoms with Gasteiger partial charge in [-0.15, -0.1) is 0 Å². The summed E-state index contributed by atoms with van der Waals surface area (Å²) in [4.78, 5) is 0. The van der Waals surface area contributed by atoms with Gasteiger partial charge in [0.1, 0.15) is 0 Å². The Kier molecular flexibility index (Phi) is 14.1. The molecule has 0 rings (SSSR count). The second kappa shape index (κ2) is 10.8. The van der Waals surface area contributed by atoms with Crippen LogP contribution in [0.25, 0.3) is 0 Å². The average molecular weight is 237 g/mol. The van der Waals surface area contributed by atoms with E-state index in [9.17, 15) is 0 Å². The SMILES string of the molecule is CC[CH2][Ge+]([CH2]CC)[CH2]CC.[Cl-]. The molecule has 0 nitrogen and oxygen atoms in total. The van der Waals surface area contributed by atoms with E-state index in [-0.39, 0.29) is 12.4 Å². The molecule has 0 aromatic carbocycles. The molecule has 2 heteroatoms. The number of rotatable bonds is 6. The summed E-state index contributed by atoms with van der Waals surface area (Å²) in [5, 5.41) is 4.84. The summed E-state index contributed by atoms with van der Waals surface area (Å²) in [7, 11) is 0. The van der Waals surface area contributed by atoms with Crippen LogP contribution in [-0.4, -0.2) is 14.3 Å². The second-order valence-corrected chi connectivity index (χ2v) is 9.29. The van der Waals surface area contributed by atoms with Crippen LogP contribution in [-0.2, 0) is 0 Å². The quantitative estimate of drug-likeness (QED) is 0.597. The first-order valence-electron chi connectivity index (χ1n) is 4.68. The first-order chi connectivity index (χ1) is 4.85. The van der Waals surface area contributed by atoms with Crippen molar-refractivity contribution in [2.75, 3.05) is 0 Å². The Hall–Kier alpha value is 0.833. The van der Waals surface area contributed by atoms with Crippen LogP contribution in [0.1, 0.15) is 40.0 Å². The molecule has 0 heterocycles. The molecule has 68 valence electrons. The fourth-order valence-corrected chi connectivity index (χ4v) is 7.46. The van der Waals surface area contributed by atoms with Crippen LogP contribution in [0.2, 0.25) is 15.8 Å². The fourth-order valence-electron chi connectivity index (χ4n) is 1.44. The first-order valence-corrected chi connectivity index (χ1v) is 9.13. The third-order valence-electron chi connectivity index (χ3n) is 1.81. The van der Waals surface area contributed by atoms with E-state index in [1.807, 2.05) is 0 Å². The predicted octanol–water partition coefficient (Wildman–Crippen LogP) is 0.715. The molecule has 0 amide bonds. The van der Waals surface area contributed by atoms with Crippen LogP contribution in [0.4, 0.5) is 0 Å². The molecule has 0 spiro atoms. The van der Waals surface area contributed by atoms with Gasteiger partial charge in [-0.3, -0.25) is 0 Å². The molecule has 11 heavy (non-hydrogen) atoms. The topological polar surface area (TPSA) is 0 Å². The molecule has 0 N–H and O–H groups in total. The Bertz CT molecular complexity index is 52.3. The smallest absolute Gasteiger partial charge is 1.00 e. The molecule has 0 atom stereocenters. The van der Waals surface area contributed by atoms with Gasteiger partial charge in [-0.1, -0.05) is 0 Å². The molecular formula is C9H21ClGe. The van der Waals surface area contributed by atoms with E-state index in [1.54, 1.807) is 15.8 Å². The molecule has 0 saturated carbocycles. The average Bonchev–Trinajstić information content (AvgIpc) is 1.90. The molecule has 0 aliphatic carbocycles. The Morgan fingerprint density at radius 2 is 1.00 bits per heavy atom. The van der Waals surface area contributed by atoms with Crippen molar-refractivity contribution >= 4 is 14.3 Å². The second-order valence-electron chi connectivity index (χ2n) is 3.00. The molecule has 0 aliphatic rings. The van der Waals surface area contributed by atoms with E-state index in [0.717, 1.165) is 0 Å². The van der Waals surface area contributed by atoms with Crippen molar-refractivity contribution in [3.63, 3.8) is 0 Å². The van der Waals surface area contributed by atoms with Gasteiger partial charge < -0.3 is 12.4 Å². The van der Waals surface area contributed by atoms with Gasteiger partial charge in [0.05, 0.1) is 0 Å². The van der Waals surface area contributed by atoms with Gasteiger partial charge in [-0.2, -0.15) is 0 Å². The van der Waals surface area contributed by atoms with E-state index < -0.39 is 14.3 Å². The van der Waals surface area contributed by atoms with Gasteiger partial charge >= 0.3 is 70.1 Å². The Morgan fingerprint density at radius 1 is 0.727 bits per heavy atom. The van der Waals surface area contributed by atoms with Crippen LogP contribution in [0.3, 0.4) is 0 Å². The van der Waals surface area contributed by atoms with Gasteiger partial charge in [0, 0.05) is 0 Å². The summed E-state index contributed by atoms with van der Waals surface area (Å²) in [5.41, 5.74) is 0. The maximum Gasteiger partial charge on any atom is -1.00 e. The molecule has 0 bridgehead atoms. The van der Waals surface area contributed by atoms with Crippen molar-refractivity contribution in [1.29, 1.82) is 0 Å². The molecular weight excluding hydrogens is 216 g/mol. The Morgan fingerprint density at radius 3 is 1.18 bits per heavy atom. The predicted molar refractivity (Wildman–Crippen MR) is 51.0 cm³/mol. The molecule has 0 radical (unpaired) electrons. The third-order valence-corrected chi connectivity index (χ3v) is 9.41. The fraction of sp³-hybridized carbons (Fsp3) is 1.00. The molecule has 0 aromatic heterocycles. The largest absolute Gasteiger partial charge is 1.00 e.